The minimum Gasteiger partial charge on any atom is -0.477 e. The molecule has 0 amide bonds. The highest BCUT2D eigenvalue weighted by atomic mass is 79.9. The van der Waals surface area contributed by atoms with E-state index in [2.05, 4.69) is 15.9 Å². The highest BCUT2D eigenvalue weighted by Crippen LogP contribution is 2.37. The van der Waals surface area contributed by atoms with Crippen molar-refractivity contribution in [3.05, 3.63) is 44.7 Å². The Morgan fingerprint density at radius 2 is 1.92 bits per heavy atom. The number of hydrogen-bond donors (Lipinski definition) is 2. The van der Waals surface area contributed by atoms with Gasteiger partial charge >= 0.3 is 12.1 Å². The second-order valence-corrected chi connectivity index (χ2v) is 8.50. The molecule has 0 aliphatic rings. The van der Waals surface area contributed by atoms with Crippen LogP contribution in [0.25, 0.3) is 0 Å². The summed E-state index contributed by atoms with van der Waals surface area (Å²) in [6.07, 6.45) is -4.66. The van der Waals surface area contributed by atoms with Crippen LogP contribution in [0.4, 0.5) is 18.9 Å². The van der Waals surface area contributed by atoms with Crippen LogP contribution in [0.2, 0.25) is 0 Å². The average Bonchev–Trinajstić information content (AvgIpc) is 2.82. The number of carbonyl (C=O) groups is 1. The summed E-state index contributed by atoms with van der Waals surface area (Å²) in [5.41, 5.74) is -1.07. The van der Waals surface area contributed by atoms with Crippen molar-refractivity contribution in [3.8, 4) is 0 Å². The lowest BCUT2D eigenvalue weighted by atomic mass is 10.2. The SMILES string of the molecule is Cc1cc(S(=O)(=O)Nc2ccc(Br)c(C(F)(F)F)c2)sc1C(=O)O. The van der Waals surface area contributed by atoms with Crippen LogP contribution in [0.15, 0.2) is 32.9 Å². The maximum Gasteiger partial charge on any atom is 0.417 e. The van der Waals surface area contributed by atoms with E-state index in [1.54, 1.807) is 0 Å². The Kier molecular flexibility index (Phi) is 4.98. The first-order valence-electron chi connectivity index (χ1n) is 6.15. The molecule has 2 rings (SSSR count). The quantitative estimate of drug-likeness (QED) is 0.735. The zero-order valence-electron chi connectivity index (χ0n) is 11.8. The molecule has 0 aliphatic carbocycles. The molecule has 0 unspecified atom stereocenters. The van der Waals surface area contributed by atoms with Gasteiger partial charge in [-0.2, -0.15) is 13.2 Å². The van der Waals surface area contributed by atoms with Crippen LogP contribution in [0.3, 0.4) is 0 Å². The zero-order valence-corrected chi connectivity index (χ0v) is 15.0. The third-order valence-electron chi connectivity index (χ3n) is 2.88. The van der Waals surface area contributed by atoms with Crippen molar-refractivity contribution in [1.82, 2.24) is 0 Å². The molecule has 2 N–H and O–H groups in total. The van der Waals surface area contributed by atoms with E-state index in [1.165, 1.54) is 6.92 Å². The van der Waals surface area contributed by atoms with Gasteiger partial charge in [0, 0.05) is 10.2 Å². The summed E-state index contributed by atoms with van der Waals surface area (Å²) in [7, 11) is -4.20. The van der Waals surface area contributed by atoms with Gasteiger partial charge in [-0.25, -0.2) is 13.2 Å². The summed E-state index contributed by atoms with van der Waals surface area (Å²) in [5.74, 6) is -1.28. The lowest BCUT2D eigenvalue weighted by molar-refractivity contribution is -0.138. The Hall–Kier alpha value is -1.59. The van der Waals surface area contributed by atoms with Gasteiger partial charge in [0.25, 0.3) is 10.0 Å². The number of carboxylic acids is 1. The number of rotatable bonds is 4. The van der Waals surface area contributed by atoms with Gasteiger partial charge in [-0.3, -0.25) is 4.72 Å². The molecule has 0 spiro atoms. The number of hydrogen-bond acceptors (Lipinski definition) is 4. The van der Waals surface area contributed by atoms with E-state index in [0.717, 1.165) is 18.2 Å². The van der Waals surface area contributed by atoms with E-state index >= 15 is 0 Å². The molecule has 0 saturated heterocycles. The number of aromatic carboxylic acids is 1. The number of benzene rings is 1. The van der Waals surface area contributed by atoms with Crippen molar-refractivity contribution < 1.29 is 31.5 Å². The first-order chi connectivity index (χ1) is 10.9. The maximum absolute atomic E-state index is 12.9. The second kappa shape index (κ2) is 6.37. The smallest absolute Gasteiger partial charge is 0.417 e. The number of sulfonamides is 1. The third kappa shape index (κ3) is 3.90. The summed E-state index contributed by atoms with van der Waals surface area (Å²) in [4.78, 5) is 10.8. The standard InChI is InChI=1S/C13H9BrF3NO4S2/c1-6-4-10(23-11(6)12(19)20)24(21,22)18-7-2-3-9(14)8(5-7)13(15,16)17/h2-5,18H,1H3,(H,19,20). The van der Waals surface area contributed by atoms with E-state index < -0.39 is 27.7 Å². The molecule has 24 heavy (non-hydrogen) atoms. The highest BCUT2D eigenvalue weighted by Gasteiger charge is 2.33. The van der Waals surface area contributed by atoms with Crippen LogP contribution in [0.5, 0.6) is 0 Å². The number of thiophene rings is 1. The van der Waals surface area contributed by atoms with Crippen molar-refractivity contribution in [3.63, 3.8) is 0 Å². The van der Waals surface area contributed by atoms with Crippen LogP contribution in [0, 0.1) is 6.92 Å². The minimum absolute atomic E-state index is 0.151. The van der Waals surface area contributed by atoms with Crippen LogP contribution in [-0.4, -0.2) is 19.5 Å². The monoisotopic (exact) mass is 443 g/mol. The van der Waals surface area contributed by atoms with Gasteiger partial charge in [0.15, 0.2) is 0 Å². The molecule has 0 atom stereocenters. The molecule has 11 heteroatoms. The highest BCUT2D eigenvalue weighted by molar-refractivity contribution is 9.10. The number of halogens is 4. The van der Waals surface area contributed by atoms with E-state index in [4.69, 9.17) is 5.11 Å². The van der Waals surface area contributed by atoms with Gasteiger partial charge < -0.3 is 5.11 Å². The first-order valence-corrected chi connectivity index (χ1v) is 9.24. The van der Waals surface area contributed by atoms with E-state index in [0.29, 0.717) is 17.4 Å². The van der Waals surface area contributed by atoms with Crippen LogP contribution < -0.4 is 4.72 Å². The largest absolute Gasteiger partial charge is 0.477 e. The molecule has 1 heterocycles. The molecular formula is C13H9BrF3NO4S2. The fraction of sp³-hybridized carbons (Fsp3) is 0.154. The molecule has 1 aromatic heterocycles. The molecule has 2 aromatic rings. The predicted octanol–water partition coefficient (Wildman–Crippen LogP) is 4.34. The van der Waals surface area contributed by atoms with E-state index in [9.17, 15) is 26.4 Å². The fourth-order valence-corrected chi connectivity index (χ4v) is 4.71. The molecular weight excluding hydrogens is 435 g/mol. The van der Waals surface area contributed by atoms with Crippen molar-refractivity contribution in [2.45, 2.75) is 17.3 Å². The van der Waals surface area contributed by atoms with Crippen molar-refractivity contribution in [2.75, 3.05) is 4.72 Å². The Morgan fingerprint density at radius 1 is 1.29 bits per heavy atom. The summed E-state index contributed by atoms with van der Waals surface area (Å²) >= 11 is 3.28. The number of carboxylic acid groups (broad SMARTS) is 1. The summed E-state index contributed by atoms with van der Waals surface area (Å²) in [6.45, 7) is 1.43. The molecule has 0 aliphatic heterocycles. The van der Waals surface area contributed by atoms with Gasteiger partial charge in [0.1, 0.15) is 9.09 Å². The Labute approximate surface area is 147 Å². The number of anilines is 1. The predicted molar refractivity (Wildman–Crippen MR) is 86.0 cm³/mol. The number of alkyl halides is 3. The molecule has 130 valence electrons. The molecule has 1 aromatic carbocycles. The first kappa shape index (κ1) is 18.7. The number of nitrogens with one attached hydrogen (secondary N) is 1. The fourth-order valence-electron chi connectivity index (χ4n) is 1.81. The van der Waals surface area contributed by atoms with Crippen molar-refractivity contribution in [1.29, 1.82) is 0 Å². The van der Waals surface area contributed by atoms with Gasteiger partial charge in [0.05, 0.1) is 5.56 Å². The van der Waals surface area contributed by atoms with Crippen LogP contribution in [0.1, 0.15) is 20.8 Å². The second-order valence-electron chi connectivity index (χ2n) is 4.68. The normalized spacial score (nSPS) is 12.2. The Balaban J connectivity index is 2.40. The van der Waals surface area contributed by atoms with Crippen LogP contribution >= 0.6 is 27.3 Å². The molecule has 0 radical (unpaired) electrons. The lowest BCUT2D eigenvalue weighted by Gasteiger charge is -2.12. The lowest BCUT2D eigenvalue weighted by Crippen LogP contribution is -2.13. The summed E-state index contributed by atoms with van der Waals surface area (Å²) in [6, 6.07) is 4.04. The van der Waals surface area contributed by atoms with Gasteiger partial charge in [-0.05, 0) is 36.8 Å². The molecule has 5 nitrogen and oxygen atoms in total. The average molecular weight is 444 g/mol. The summed E-state index contributed by atoms with van der Waals surface area (Å²) in [5, 5.41) is 8.96. The molecule has 0 saturated carbocycles. The van der Waals surface area contributed by atoms with Crippen LogP contribution in [-0.2, 0) is 16.2 Å². The molecule has 0 bridgehead atoms. The number of aryl methyl sites for hydroxylation is 1. The van der Waals surface area contributed by atoms with E-state index in [-0.39, 0.29) is 24.8 Å². The summed E-state index contributed by atoms with van der Waals surface area (Å²) < 4.78 is 64.6. The maximum atomic E-state index is 12.9. The minimum atomic E-state index is -4.66. The topological polar surface area (TPSA) is 83.5 Å². The Bertz CT molecular complexity index is 906. The van der Waals surface area contributed by atoms with Gasteiger partial charge in [-0.15, -0.1) is 11.3 Å². The van der Waals surface area contributed by atoms with Crippen molar-refractivity contribution in [2.24, 2.45) is 0 Å². The van der Waals surface area contributed by atoms with E-state index in [1.807, 2.05) is 4.72 Å². The Morgan fingerprint density at radius 3 is 2.42 bits per heavy atom. The van der Waals surface area contributed by atoms with Gasteiger partial charge in [0.2, 0.25) is 0 Å². The zero-order chi connectivity index (χ0) is 18.3. The molecule has 0 fully saturated rings. The van der Waals surface area contributed by atoms with Crippen molar-refractivity contribution >= 4 is 48.9 Å². The van der Waals surface area contributed by atoms with Gasteiger partial charge in [-0.1, -0.05) is 15.9 Å². The third-order valence-corrected chi connectivity index (χ3v) is 6.65.